The van der Waals surface area contributed by atoms with Crippen molar-refractivity contribution in [2.24, 2.45) is 0 Å². The summed E-state index contributed by atoms with van der Waals surface area (Å²) in [6.45, 7) is 3.02. The molecule has 5 heteroatoms. The van der Waals surface area contributed by atoms with Crippen LogP contribution in [0.5, 0.6) is 17.2 Å². The molecule has 0 radical (unpaired) electrons. The van der Waals surface area contributed by atoms with E-state index >= 15 is 0 Å². The fourth-order valence-corrected chi connectivity index (χ4v) is 2.36. The summed E-state index contributed by atoms with van der Waals surface area (Å²) in [6.07, 6.45) is 0. The van der Waals surface area contributed by atoms with Gasteiger partial charge in [0.2, 0.25) is 0 Å². The van der Waals surface area contributed by atoms with Gasteiger partial charge in [0, 0.05) is 0 Å². The van der Waals surface area contributed by atoms with Crippen molar-refractivity contribution in [1.29, 1.82) is 0 Å². The Kier molecular flexibility index (Phi) is 4.66. The van der Waals surface area contributed by atoms with Crippen LogP contribution in [-0.4, -0.2) is 25.7 Å². The van der Waals surface area contributed by atoms with Crippen molar-refractivity contribution < 1.29 is 19.0 Å². The number of hydrogen-bond donors (Lipinski definition) is 1. The van der Waals surface area contributed by atoms with Gasteiger partial charge in [-0.25, -0.2) is 0 Å². The number of ether oxygens (including phenoxy) is 3. The van der Waals surface area contributed by atoms with Crippen LogP contribution in [0.1, 0.15) is 18.5 Å². The van der Waals surface area contributed by atoms with Crippen LogP contribution in [0.3, 0.4) is 0 Å². The predicted molar refractivity (Wildman–Crippen MR) is 85.9 cm³/mol. The number of carbonyl (C=O) groups excluding carboxylic acids is 1. The van der Waals surface area contributed by atoms with Gasteiger partial charge in [-0.05, 0) is 36.8 Å². The van der Waals surface area contributed by atoms with Gasteiger partial charge >= 0.3 is 0 Å². The SMILES string of the molecule is C[C@@H](NC(=O)COc1ccccc1)c1ccc2c(c1)OCCO2. The molecule has 0 spiro atoms. The number of carbonyl (C=O) groups is 1. The number of rotatable bonds is 5. The van der Waals surface area contributed by atoms with E-state index in [1.54, 1.807) is 0 Å². The fraction of sp³-hybridized carbons (Fsp3) is 0.278. The van der Waals surface area contributed by atoms with Crippen LogP contribution < -0.4 is 19.5 Å². The number of nitrogens with one attached hydrogen (secondary N) is 1. The number of benzene rings is 2. The van der Waals surface area contributed by atoms with Crippen molar-refractivity contribution in [3.05, 3.63) is 54.1 Å². The zero-order valence-electron chi connectivity index (χ0n) is 13.0. The molecule has 120 valence electrons. The van der Waals surface area contributed by atoms with Crippen LogP contribution in [0.25, 0.3) is 0 Å². The summed E-state index contributed by atoms with van der Waals surface area (Å²) in [6, 6.07) is 14.8. The quantitative estimate of drug-likeness (QED) is 0.922. The first-order valence-electron chi connectivity index (χ1n) is 7.59. The lowest BCUT2D eigenvalue weighted by molar-refractivity contribution is -0.123. The molecule has 1 atom stereocenters. The molecule has 0 aliphatic carbocycles. The molecule has 2 aromatic carbocycles. The van der Waals surface area contributed by atoms with Gasteiger partial charge in [-0.2, -0.15) is 0 Å². The Morgan fingerprint density at radius 1 is 1.13 bits per heavy atom. The molecular weight excluding hydrogens is 294 g/mol. The second-order valence-electron chi connectivity index (χ2n) is 5.29. The summed E-state index contributed by atoms with van der Waals surface area (Å²) in [5.41, 5.74) is 0.960. The second kappa shape index (κ2) is 7.05. The molecular formula is C18H19NO4. The molecule has 0 fully saturated rings. The highest BCUT2D eigenvalue weighted by Crippen LogP contribution is 2.32. The maximum Gasteiger partial charge on any atom is 0.258 e. The fourth-order valence-electron chi connectivity index (χ4n) is 2.36. The van der Waals surface area contributed by atoms with E-state index in [4.69, 9.17) is 14.2 Å². The Hall–Kier alpha value is -2.69. The smallest absolute Gasteiger partial charge is 0.258 e. The van der Waals surface area contributed by atoms with E-state index in [0.717, 1.165) is 17.1 Å². The molecule has 0 aromatic heterocycles. The largest absolute Gasteiger partial charge is 0.486 e. The van der Waals surface area contributed by atoms with Crippen LogP contribution >= 0.6 is 0 Å². The average Bonchev–Trinajstić information content (AvgIpc) is 2.60. The zero-order chi connectivity index (χ0) is 16.1. The van der Waals surface area contributed by atoms with E-state index < -0.39 is 0 Å². The molecule has 0 saturated carbocycles. The minimum absolute atomic E-state index is 0.0150. The summed E-state index contributed by atoms with van der Waals surface area (Å²) in [4.78, 5) is 12.0. The normalized spacial score (nSPS) is 14.0. The Balaban J connectivity index is 1.56. The standard InChI is InChI=1S/C18H19NO4/c1-13(14-7-8-16-17(11-14)22-10-9-21-16)19-18(20)12-23-15-5-3-2-4-6-15/h2-8,11,13H,9-10,12H2,1H3,(H,19,20)/t13-/m1/s1. The van der Waals surface area contributed by atoms with Crippen molar-refractivity contribution in [2.45, 2.75) is 13.0 Å². The van der Waals surface area contributed by atoms with Crippen LogP contribution in [-0.2, 0) is 4.79 Å². The number of para-hydroxylation sites is 1. The molecule has 5 nitrogen and oxygen atoms in total. The van der Waals surface area contributed by atoms with Crippen molar-refractivity contribution in [2.75, 3.05) is 19.8 Å². The van der Waals surface area contributed by atoms with Crippen molar-refractivity contribution in [3.63, 3.8) is 0 Å². The van der Waals surface area contributed by atoms with Gasteiger partial charge in [-0.15, -0.1) is 0 Å². The van der Waals surface area contributed by atoms with E-state index in [-0.39, 0.29) is 18.6 Å². The summed E-state index contributed by atoms with van der Waals surface area (Å²) >= 11 is 0. The first-order chi connectivity index (χ1) is 11.2. The maximum atomic E-state index is 12.0. The Morgan fingerprint density at radius 2 is 1.87 bits per heavy atom. The lowest BCUT2D eigenvalue weighted by Gasteiger charge is -2.21. The molecule has 0 saturated heterocycles. The summed E-state index contributed by atoms with van der Waals surface area (Å²) < 4.78 is 16.5. The highest BCUT2D eigenvalue weighted by atomic mass is 16.6. The van der Waals surface area contributed by atoms with Gasteiger partial charge in [0.15, 0.2) is 18.1 Å². The van der Waals surface area contributed by atoms with Gasteiger partial charge < -0.3 is 19.5 Å². The molecule has 1 aliphatic heterocycles. The molecule has 0 bridgehead atoms. The van der Waals surface area contributed by atoms with Crippen molar-refractivity contribution >= 4 is 5.91 Å². The van der Waals surface area contributed by atoms with Gasteiger partial charge in [0.1, 0.15) is 19.0 Å². The molecule has 23 heavy (non-hydrogen) atoms. The molecule has 3 rings (SSSR count). The van der Waals surface area contributed by atoms with Crippen LogP contribution in [0.2, 0.25) is 0 Å². The first-order valence-corrected chi connectivity index (χ1v) is 7.59. The van der Waals surface area contributed by atoms with E-state index in [9.17, 15) is 4.79 Å². The minimum Gasteiger partial charge on any atom is -0.486 e. The Bertz CT molecular complexity index is 672. The van der Waals surface area contributed by atoms with Crippen molar-refractivity contribution in [1.82, 2.24) is 5.32 Å². The van der Waals surface area contributed by atoms with Crippen LogP contribution in [0.4, 0.5) is 0 Å². The van der Waals surface area contributed by atoms with Gasteiger partial charge in [0.25, 0.3) is 5.91 Å². The highest BCUT2D eigenvalue weighted by molar-refractivity contribution is 5.78. The molecule has 1 amide bonds. The topological polar surface area (TPSA) is 56.8 Å². The third-order valence-electron chi connectivity index (χ3n) is 3.56. The second-order valence-corrected chi connectivity index (χ2v) is 5.29. The third kappa shape index (κ3) is 3.94. The molecule has 0 unspecified atom stereocenters. The highest BCUT2D eigenvalue weighted by Gasteiger charge is 2.16. The maximum absolute atomic E-state index is 12.0. The average molecular weight is 313 g/mol. The summed E-state index contributed by atoms with van der Waals surface area (Å²) in [5.74, 6) is 1.96. The lowest BCUT2D eigenvalue weighted by atomic mass is 10.1. The predicted octanol–water partition coefficient (Wildman–Crippen LogP) is 2.71. The van der Waals surface area contributed by atoms with E-state index in [1.807, 2.05) is 55.5 Å². The number of amides is 1. The van der Waals surface area contributed by atoms with E-state index in [0.29, 0.717) is 19.0 Å². The molecule has 1 aliphatic rings. The van der Waals surface area contributed by atoms with Gasteiger partial charge in [-0.1, -0.05) is 24.3 Å². The third-order valence-corrected chi connectivity index (χ3v) is 3.56. The molecule has 1 heterocycles. The number of fused-ring (bicyclic) bond motifs is 1. The van der Waals surface area contributed by atoms with E-state index in [2.05, 4.69) is 5.32 Å². The number of hydrogen-bond acceptors (Lipinski definition) is 4. The summed E-state index contributed by atoms with van der Waals surface area (Å²) in [5, 5.41) is 2.91. The first kappa shape index (κ1) is 15.2. The van der Waals surface area contributed by atoms with E-state index in [1.165, 1.54) is 0 Å². The monoisotopic (exact) mass is 313 g/mol. The minimum atomic E-state index is -0.170. The van der Waals surface area contributed by atoms with Crippen LogP contribution in [0, 0.1) is 0 Å². The Labute approximate surface area is 135 Å². The summed E-state index contributed by atoms with van der Waals surface area (Å²) in [7, 11) is 0. The Morgan fingerprint density at radius 3 is 2.65 bits per heavy atom. The van der Waals surface area contributed by atoms with Crippen molar-refractivity contribution in [3.8, 4) is 17.2 Å². The van der Waals surface area contributed by atoms with Crippen LogP contribution in [0.15, 0.2) is 48.5 Å². The lowest BCUT2D eigenvalue weighted by Crippen LogP contribution is -2.31. The molecule has 2 aromatic rings. The van der Waals surface area contributed by atoms with Gasteiger partial charge in [-0.3, -0.25) is 4.79 Å². The van der Waals surface area contributed by atoms with Gasteiger partial charge in [0.05, 0.1) is 6.04 Å². The molecule has 1 N–H and O–H groups in total. The zero-order valence-corrected chi connectivity index (χ0v) is 13.0.